The highest BCUT2D eigenvalue weighted by Crippen LogP contribution is 2.13. The molecule has 1 rings (SSSR count). The lowest BCUT2D eigenvalue weighted by Gasteiger charge is -2.21. The number of carbonyl (C=O) groups excluding carboxylic acids is 1. The summed E-state index contributed by atoms with van der Waals surface area (Å²) in [7, 11) is 0. The number of hydrogen-bond donors (Lipinski definition) is 1. The summed E-state index contributed by atoms with van der Waals surface area (Å²) in [5, 5.41) is 9.40. The van der Waals surface area contributed by atoms with Crippen LogP contribution in [-0.2, 0) is 14.3 Å². The minimum Gasteiger partial charge on any atom is -0.392 e. The second kappa shape index (κ2) is 9.17. The number of aliphatic hydroxyl groups is 1. The number of hydrogen-bond acceptors (Lipinski definition) is 4. The first kappa shape index (κ1) is 14.2. The van der Waals surface area contributed by atoms with Crippen LogP contribution >= 0.6 is 0 Å². The van der Waals surface area contributed by atoms with E-state index in [1.54, 1.807) is 0 Å². The largest absolute Gasteiger partial charge is 0.392 e. The predicted molar refractivity (Wildman–Crippen MR) is 63.2 cm³/mol. The van der Waals surface area contributed by atoms with E-state index in [4.69, 9.17) is 9.47 Å². The quantitative estimate of drug-likeness (QED) is 0.561. The van der Waals surface area contributed by atoms with Crippen LogP contribution in [0.4, 0.5) is 0 Å². The van der Waals surface area contributed by atoms with Crippen molar-refractivity contribution in [2.45, 2.75) is 50.9 Å². The van der Waals surface area contributed by atoms with E-state index < -0.39 is 6.10 Å². The number of aldehydes is 1. The Hall–Kier alpha value is -0.890. The maximum Gasteiger partial charge on any atom is 0.158 e. The second-order valence-electron chi connectivity index (χ2n) is 4.06. The fourth-order valence-corrected chi connectivity index (χ4v) is 1.58. The van der Waals surface area contributed by atoms with Gasteiger partial charge < -0.3 is 19.4 Å². The third-order valence-corrected chi connectivity index (χ3v) is 2.56. The average molecular weight is 240 g/mol. The van der Waals surface area contributed by atoms with Gasteiger partial charge in [-0.05, 0) is 25.7 Å². The van der Waals surface area contributed by atoms with Crippen LogP contribution in [0.2, 0.25) is 0 Å². The minimum absolute atomic E-state index is 0.113. The first-order chi connectivity index (χ1) is 8.33. The third-order valence-electron chi connectivity index (χ3n) is 2.56. The zero-order chi connectivity index (χ0) is 12.3. The molecule has 0 amide bonds. The molecule has 4 nitrogen and oxygen atoms in total. The number of ether oxygens (including phenoxy) is 2. The molecular weight excluding hydrogens is 220 g/mol. The smallest absolute Gasteiger partial charge is 0.158 e. The molecule has 0 aromatic heterocycles. The molecule has 2 atom stereocenters. The number of rotatable bonds is 6. The third kappa shape index (κ3) is 7.11. The summed E-state index contributed by atoms with van der Waals surface area (Å²) in [5.74, 6) is 5.68. The van der Waals surface area contributed by atoms with Gasteiger partial charge in [0, 0.05) is 19.4 Å². The Morgan fingerprint density at radius 1 is 1.47 bits per heavy atom. The molecule has 17 heavy (non-hydrogen) atoms. The van der Waals surface area contributed by atoms with Crippen molar-refractivity contribution in [1.82, 2.24) is 0 Å². The van der Waals surface area contributed by atoms with Gasteiger partial charge in [0.25, 0.3) is 0 Å². The van der Waals surface area contributed by atoms with Gasteiger partial charge in [-0.1, -0.05) is 11.8 Å². The molecule has 1 aliphatic heterocycles. The summed E-state index contributed by atoms with van der Waals surface area (Å²) in [5.41, 5.74) is 0. The summed E-state index contributed by atoms with van der Waals surface area (Å²) in [6, 6.07) is 0. The highest BCUT2D eigenvalue weighted by atomic mass is 16.7. The van der Waals surface area contributed by atoms with E-state index in [9.17, 15) is 9.90 Å². The van der Waals surface area contributed by atoms with Crippen molar-refractivity contribution in [3.05, 3.63) is 0 Å². The highest BCUT2D eigenvalue weighted by Gasteiger charge is 2.12. The van der Waals surface area contributed by atoms with Crippen molar-refractivity contribution in [3.8, 4) is 11.8 Å². The Balaban J connectivity index is 2.03. The summed E-state index contributed by atoms with van der Waals surface area (Å²) >= 11 is 0. The number of carbonyl (C=O) groups is 1. The van der Waals surface area contributed by atoms with Crippen molar-refractivity contribution >= 4 is 6.29 Å². The zero-order valence-corrected chi connectivity index (χ0v) is 10.1. The van der Waals surface area contributed by atoms with Crippen LogP contribution in [0.15, 0.2) is 0 Å². The minimum atomic E-state index is -0.515. The average Bonchev–Trinajstić information content (AvgIpc) is 2.37. The number of aliphatic hydroxyl groups excluding tert-OH is 1. The molecule has 1 saturated heterocycles. The second-order valence-corrected chi connectivity index (χ2v) is 4.06. The standard InChI is InChI=1S/C13H20O4/c14-9-5-7-12(15)6-1-3-10-16-13-8-2-4-11-17-13/h9,12-13,15H,2,4-8,10-11H2/t12-,13-/m1/s1. The lowest BCUT2D eigenvalue weighted by Crippen LogP contribution is -2.22. The summed E-state index contributed by atoms with van der Waals surface area (Å²) in [6.07, 6.45) is 4.61. The van der Waals surface area contributed by atoms with E-state index in [2.05, 4.69) is 11.8 Å². The maximum atomic E-state index is 10.1. The first-order valence-corrected chi connectivity index (χ1v) is 6.13. The molecule has 1 heterocycles. The first-order valence-electron chi connectivity index (χ1n) is 6.13. The van der Waals surface area contributed by atoms with Crippen LogP contribution in [0.25, 0.3) is 0 Å². The summed E-state index contributed by atoms with van der Waals surface area (Å²) in [6.45, 7) is 1.10. The van der Waals surface area contributed by atoms with E-state index >= 15 is 0 Å². The fourth-order valence-electron chi connectivity index (χ4n) is 1.58. The van der Waals surface area contributed by atoms with Crippen molar-refractivity contribution < 1.29 is 19.4 Å². The maximum absolute atomic E-state index is 10.1. The highest BCUT2D eigenvalue weighted by molar-refractivity contribution is 5.49. The van der Waals surface area contributed by atoms with Gasteiger partial charge in [0.1, 0.15) is 12.9 Å². The Kier molecular flexibility index (Phi) is 7.65. The Labute approximate surface area is 102 Å². The van der Waals surface area contributed by atoms with Crippen molar-refractivity contribution in [3.63, 3.8) is 0 Å². The van der Waals surface area contributed by atoms with E-state index in [1.807, 2.05) is 0 Å². The topological polar surface area (TPSA) is 55.8 Å². The molecule has 4 heteroatoms. The molecule has 0 aromatic rings. The SMILES string of the molecule is O=CCC[C@H](O)CC#CCO[C@H]1CCCCO1. The molecule has 0 aliphatic carbocycles. The van der Waals surface area contributed by atoms with Crippen LogP contribution in [-0.4, -0.2) is 37.0 Å². The molecule has 1 N–H and O–H groups in total. The van der Waals surface area contributed by atoms with E-state index in [0.717, 1.165) is 32.2 Å². The Bertz CT molecular complexity index is 260. The molecule has 0 unspecified atom stereocenters. The Morgan fingerprint density at radius 3 is 3.06 bits per heavy atom. The van der Waals surface area contributed by atoms with Gasteiger partial charge in [-0.2, -0.15) is 0 Å². The predicted octanol–water partition coefficient (Wildman–Crippen LogP) is 1.26. The fraction of sp³-hybridized carbons (Fsp3) is 0.769. The molecule has 0 saturated carbocycles. The van der Waals surface area contributed by atoms with Gasteiger partial charge in [0.05, 0.1) is 6.10 Å². The molecule has 1 fully saturated rings. The monoisotopic (exact) mass is 240 g/mol. The lowest BCUT2D eigenvalue weighted by atomic mass is 10.1. The van der Waals surface area contributed by atoms with Crippen LogP contribution < -0.4 is 0 Å². The van der Waals surface area contributed by atoms with Crippen molar-refractivity contribution in [1.29, 1.82) is 0 Å². The summed E-state index contributed by atoms with van der Waals surface area (Å²) in [4.78, 5) is 10.1. The molecule has 0 radical (unpaired) electrons. The summed E-state index contributed by atoms with van der Waals surface area (Å²) < 4.78 is 10.8. The van der Waals surface area contributed by atoms with Gasteiger partial charge in [-0.3, -0.25) is 0 Å². The van der Waals surface area contributed by atoms with Gasteiger partial charge in [-0.15, -0.1) is 0 Å². The van der Waals surface area contributed by atoms with Crippen LogP contribution in [0.3, 0.4) is 0 Å². The lowest BCUT2D eigenvalue weighted by molar-refractivity contribution is -0.154. The molecule has 1 aliphatic rings. The van der Waals surface area contributed by atoms with E-state index in [1.165, 1.54) is 0 Å². The zero-order valence-electron chi connectivity index (χ0n) is 10.1. The molecule has 96 valence electrons. The molecule has 0 bridgehead atoms. The molecule has 0 spiro atoms. The van der Waals surface area contributed by atoms with Crippen LogP contribution in [0.1, 0.15) is 38.5 Å². The van der Waals surface area contributed by atoms with E-state index in [-0.39, 0.29) is 6.29 Å². The van der Waals surface area contributed by atoms with Gasteiger partial charge in [-0.25, -0.2) is 0 Å². The van der Waals surface area contributed by atoms with Crippen LogP contribution in [0.5, 0.6) is 0 Å². The van der Waals surface area contributed by atoms with Crippen molar-refractivity contribution in [2.75, 3.05) is 13.2 Å². The normalized spacial score (nSPS) is 21.4. The molecule has 0 aromatic carbocycles. The van der Waals surface area contributed by atoms with Crippen LogP contribution in [0, 0.1) is 11.8 Å². The van der Waals surface area contributed by atoms with Crippen molar-refractivity contribution in [2.24, 2.45) is 0 Å². The Morgan fingerprint density at radius 2 is 2.35 bits per heavy atom. The van der Waals surface area contributed by atoms with Gasteiger partial charge in [0.2, 0.25) is 0 Å². The van der Waals surface area contributed by atoms with Gasteiger partial charge >= 0.3 is 0 Å². The van der Waals surface area contributed by atoms with Gasteiger partial charge in [0.15, 0.2) is 6.29 Å². The molecular formula is C13H20O4. The van der Waals surface area contributed by atoms with E-state index in [0.29, 0.717) is 25.9 Å².